The van der Waals surface area contributed by atoms with E-state index in [9.17, 15) is 9.18 Å². The SMILES string of the molecule is Nc1nc(-c2ccc(F)cc2I)[nH]c(=O)n1. The monoisotopic (exact) mass is 332 g/mol. The van der Waals surface area contributed by atoms with Crippen molar-refractivity contribution in [3.8, 4) is 11.4 Å². The summed E-state index contributed by atoms with van der Waals surface area (Å²) in [7, 11) is 0. The van der Waals surface area contributed by atoms with Crippen LogP contribution in [0.25, 0.3) is 11.4 Å². The minimum absolute atomic E-state index is 0.112. The summed E-state index contributed by atoms with van der Waals surface area (Å²) >= 11 is 1.95. The van der Waals surface area contributed by atoms with Gasteiger partial charge in [-0.15, -0.1) is 0 Å². The Morgan fingerprint density at radius 1 is 1.38 bits per heavy atom. The van der Waals surface area contributed by atoms with Gasteiger partial charge < -0.3 is 5.73 Å². The van der Waals surface area contributed by atoms with Crippen LogP contribution >= 0.6 is 22.6 Å². The second-order valence-corrected chi connectivity index (χ2v) is 4.15. The topological polar surface area (TPSA) is 84.7 Å². The smallest absolute Gasteiger partial charge is 0.349 e. The van der Waals surface area contributed by atoms with Gasteiger partial charge in [0.15, 0.2) is 0 Å². The first kappa shape index (κ1) is 11.0. The van der Waals surface area contributed by atoms with Gasteiger partial charge in [-0.05, 0) is 40.8 Å². The third-order valence-corrected chi connectivity index (χ3v) is 2.75. The number of nitrogens with two attached hydrogens (primary N) is 1. The van der Waals surface area contributed by atoms with Crippen LogP contribution in [0.3, 0.4) is 0 Å². The molecule has 0 unspecified atom stereocenters. The van der Waals surface area contributed by atoms with Crippen molar-refractivity contribution in [3.63, 3.8) is 0 Å². The van der Waals surface area contributed by atoms with E-state index in [1.807, 2.05) is 22.6 Å². The van der Waals surface area contributed by atoms with E-state index in [0.717, 1.165) is 0 Å². The molecule has 0 bridgehead atoms. The summed E-state index contributed by atoms with van der Waals surface area (Å²) in [6.45, 7) is 0. The van der Waals surface area contributed by atoms with Gasteiger partial charge in [0.05, 0.1) is 0 Å². The van der Waals surface area contributed by atoms with Gasteiger partial charge >= 0.3 is 5.69 Å². The molecule has 1 aromatic carbocycles. The van der Waals surface area contributed by atoms with Crippen molar-refractivity contribution in [2.24, 2.45) is 0 Å². The molecule has 2 aromatic rings. The highest BCUT2D eigenvalue weighted by Crippen LogP contribution is 2.22. The van der Waals surface area contributed by atoms with E-state index in [4.69, 9.17) is 5.73 Å². The van der Waals surface area contributed by atoms with Crippen LogP contribution < -0.4 is 11.4 Å². The maximum atomic E-state index is 12.9. The van der Waals surface area contributed by atoms with Crippen molar-refractivity contribution in [3.05, 3.63) is 38.1 Å². The van der Waals surface area contributed by atoms with Crippen LogP contribution in [-0.2, 0) is 0 Å². The summed E-state index contributed by atoms with van der Waals surface area (Å²) < 4.78 is 13.5. The zero-order chi connectivity index (χ0) is 11.7. The molecule has 5 nitrogen and oxygen atoms in total. The molecule has 16 heavy (non-hydrogen) atoms. The lowest BCUT2D eigenvalue weighted by Gasteiger charge is -2.03. The Hall–Kier alpha value is -1.51. The standard InChI is InChI=1S/C9H6FIN4O/c10-4-1-2-5(6(11)3-4)7-13-8(12)15-9(16)14-7/h1-3H,(H3,12,13,14,15,16). The van der Waals surface area contributed by atoms with Gasteiger partial charge in [-0.3, -0.25) is 4.98 Å². The highest BCUT2D eigenvalue weighted by Gasteiger charge is 2.08. The molecule has 0 aliphatic rings. The molecule has 3 N–H and O–H groups in total. The Morgan fingerprint density at radius 3 is 2.75 bits per heavy atom. The van der Waals surface area contributed by atoms with Crippen LogP contribution in [0.5, 0.6) is 0 Å². The fraction of sp³-hybridized carbons (Fsp3) is 0. The van der Waals surface area contributed by atoms with Crippen molar-refractivity contribution < 1.29 is 4.39 Å². The van der Waals surface area contributed by atoms with Gasteiger partial charge in [0.1, 0.15) is 11.6 Å². The minimum Gasteiger partial charge on any atom is -0.368 e. The van der Waals surface area contributed by atoms with Crippen LogP contribution in [0.2, 0.25) is 0 Å². The molecule has 0 radical (unpaired) electrons. The van der Waals surface area contributed by atoms with Crippen LogP contribution in [-0.4, -0.2) is 15.0 Å². The van der Waals surface area contributed by atoms with E-state index in [1.165, 1.54) is 18.2 Å². The highest BCUT2D eigenvalue weighted by molar-refractivity contribution is 14.1. The highest BCUT2D eigenvalue weighted by atomic mass is 127. The van der Waals surface area contributed by atoms with Crippen LogP contribution in [0.4, 0.5) is 10.3 Å². The van der Waals surface area contributed by atoms with Crippen molar-refractivity contribution in [2.75, 3.05) is 5.73 Å². The molecule has 0 saturated carbocycles. The number of halogens is 2. The zero-order valence-electron chi connectivity index (χ0n) is 7.87. The van der Waals surface area contributed by atoms with Gasteiger partial charge in [-0.2, -0.15) is 9.97 Å². The lowest BCUT2D eigenvalue weighted by molar-refractivity contribution is 0.627. The van der Waals surface area contributed by atoms with E-state index in [0.29, 0.717) is 9.13 Å². The summed E-state index contributed by atoms with van der Waals surface area (Å²) in [5.74, 6) is -0.182. The lowest BCUT2D eigenvalue weighted by atomic mass is 10.2. The molecule has 0 atom stereocenters. The lowest BCUT2D eigenvalue weighted by Crippen LogP contribution is -2.15. The van der Waals surface area contributed by atoms with Gasteiger partial charge in [-0.25, -0.2) is 9.18 Å². The molecule has 0 saturated heterocycles. The molecule has 0 aliphatic carbocycles. The molecule has 0 spiro atoms. The average Bonchev–Trinajstić information content (AvgIpc) is 2.15. The van der Waals surface area contributed by atoms with Crippen molar-refractivity contribution in [2.45, 2.75) is 0 Å². The number of anilines is 1. The second kappa shape index (κ2) is 4.16. The van der Waals surface area contributed by atoms with Gasteiger partial charge in [0.25, 0.3) is 0 Å². The number of H-pyrrole nitrogens is 1. The maximum absolute atomic E-state index is 12.9. The first-order valence-electron chi connectivity index (χ1n) is 4.25. The van der Waals surface area contributed by atoms with Gasteiger partial charge in [-0.1, -0.05) is 0 Å². The van der Waals surface area contributed by atoms with Crippen LogP contribution in [0, 0.1) is 9.39 Å². The third kappa shape index (κ3) is 2.18. The van der Waals surface area contributed by atoms with Crippen molar-refractivity contribution in [1.82, 2.24) is 15.0 Å². The minimum atomic E-state index is -0.581. The Kier molecular flexibility index (Phi) is 2.86. The predicted octanol–water partition coefficient (Wildman–Crippen LogP) is 1.16. The number of hydrogen-bond donors (Lipinski definition) is 2. The van der Waals surface area contributed by atoms with E-state index in [1.54, 1.807) is 0 Å². The number of aromatic nitrogens is 3. The van der Waals surface area contributed by atoms with Crippen molar-refractivity contribution >= 4 is 28.5 Å². The molecule has 0 amide bonds. The third-order valence-electron chi connectivity index (χ3n) is 1.85. The Morgan fingerprint density at radius 2 is 2.12 bits per heavy atom. The quantitative estimate of drug-likeness (QED) is 0.768. The van der Waals surface area contributed by atoms with E-state index in [-0.39, 0.29) is 17.6 Å². The summed E-state index contributed by atoms with van der Waals surface area (Å²) in [4.78, 5) is 20.8. The number of aromatic amines is 1. The number of nitrogens with zero attached hydrogens (tertiary/aromatic N) is 2. The Bertz CT molecular complexity index is 598. The second-order valence-electron chi connectivity index (χ2n) is 2.98. The number of nitrogen functional groups attached to an aromatic ring is 1. The first-order chi connectivity index (χ1) is 7.56. The largest absolute Gasteiger partial charge is 0.368 e. The average molecular weight is 332 g/mol. The summed E-state index contributed by atoms with van der Waals surface area (Å²) in [6, 6.07) is 4.15. The molecule has 0 fully saturated rings. The zero-order valence-corrected chi connectivity index (χ0v) is 10.0. The molecule has 1 aromatic heterocycles. The molecule has 2 rings (SSSR count). The normalized spacial score (nSPS) is 10.4. The number of benzene rings is 1. The Balaban J connectivity index is 2.63. The molecular formula is C9H6FIN4O. The van der Waals surface area contributed by atoms with E-state index < -0.39 is 5.69 Å². The van der Waals surface area contributed by atoms with Gasteiger partial charge in [0.2, 0.25) is 5.95 Å². The Labute approximate surface area is 103 Å². The fourth-order valence-electron chi connectivity index (χ4n) is 1.21. The van der Waals surface area contributed by atoms with Gasteiger partial charge in [0, 0.05) is 9.13 Å². The molecule has 7 heteroatoms. The maximum Gasteiger partial charge on any atom is 0.349 e. The molecule has 1 heterocycles. The summed E-state index contributed by atoms with van der Waals surface area (Å²) in [6.07, 6.45) is 0. The predicted molar refractivity (Wildman–Crippen MR) is 65.2 cm³/mol. The molecule has 82 valence electrons. The van der Waals surface area contributed by atoms with Crippen molar-refractivity contribution in [1.29, 1.82) is 0 Å². The molecule has 0 aliphatic heterocycles. The summed E-state index contributed by atoms with van der Waals surface area (Å²) in [5, 5.41) is 0. The first-order valence-corrected chi connectivity index (χ1v) is 5.33. The fourth-order valence-corrected chi connectivity index (χ4v) is 1.94. The van der Waals surface area contributed by atoms with E-state index >= 15 is 0 Å². The van der Waals surface area contributed by atoms with Crippen LogP contribution in [0.1, 0.15) is 0 Å². The molecular weight excluding hydrogens is 326 g/mol. The van der Waals surface area contributed by atoms with E-state index in [2.05, 4.69) is 15.0 Å². The number of nitrogens with one attached hydrogen (secondary N) is 1. The number of rotatable bonds is 1. The number of hydrogen-bond acceptors (Lipinski definition) is 4. The summed E-state index contributed by atoms with van der Waals surface area (Å²) in [5.41, 5.74) is 5.38. The van der Waals surface area contributed by atoms with Crippen LogP contribution in [0.15, 0.2) is 23.0 Å².